The van der Waals surface area contributed by atoms with Crippen LogP contribution < -0.4 is 10.6 Å². The van der Waals surface area contributed by atoms with E-state index in [4.69, 9.17) is 10.8 Å². The summed E-state index contributed by atoms with van der Waals surface area (Å²) < 4.78 is 0. The molecule has 1 atom stereocenters. The fourth-order valence-electron chi connectivity index (χ4n) is 2.28. The summed E-state index contributed by atoms with van der Waals surface area (Å²) in [6, 6.07) is 5.38. The van der Waals surface area contributed by atoms with Gasteiger partial charge in [-0.15, -0.1) is 0 Å². The standard InChI is InChI=1S/C13H16N2O3/c1-8(4-13(17)18)7-15-11-3-2-10(14)5-9(11)6-12(15)16/h2-3,5,8H,4,6-7,14H2,1H3,(H,17,18). The van der Waals surface area contributed by atoms with Gasteiger partial charge in [0.2, 0.25) is 5.91 Å². The normalized spacial score (nSPS) is 15.6. The molecule has 0 bridgehead atoms. The minimum atomic E-state index is -0.841. The number of carboxylic acids is 1. The van der Waals surface area contributed by atoms with Gasteiger partial charge >= 0.3 is 5.97 Å². The highest BCUT2D eigenvalue weighted by Crippen LogP contribution is 2.31. The Morgan fingerprint density at radius 2 is 2.28 bits per heavy atom. The molecule has 1 unspecified atom stereocenters. The van der Waals surface area contributed by atoms with E-state index in [1.807, 2.05) is 13.0 Å². The Morgan fingerprint density at radius 3 is 2.94 bits per heavy atom. The van der Waals surface area contributed by atoms with Gasteiger partial charge < -0.3 is 15.7 Å². The summed E-state index contributed by atoms with van der Waals surface area (Å²) in [7, 11) is 0. The molecule has 1 heterocycles. The summed E-state index contributed by atoms with van der Waals surface area (Å²) in [4.78, 5) is 24.2. The van der Waals surface area contributed by atoms with Gasteiger partial charge in [0.1, 0.15) is 0 Å². The first-order chi connectivity index (χ1) is 8.47. The second-order valence-corrected chi connectivity index (χ2v) is 4.77. The van der Waals surface area contributed by atoms with Crippen molar-refractivity contribution in [3.63, 3.8) is 0 Å². The SMILES string of the molecule is CC(CC(=O)O)CN1C(=O)Cc2cc(N)ccc21. The van der Waals surface area contributed by atoms with E-state index >= 15 is 0 Å². The molecule has 0 radical (unpaired) electrons. The first-order valence-electron chi connectivity index (χ1n) is 5.88. The first-order valence-corrected chi connectivity index (χ1v) is 5.88. The predicted octanol–water partition coefficient (Wildman–Crippen LogP) is 1.27. The second-order valence-electron chi connectivity index (χ2n) is 4.77. The van der Waals surface area contributed by atoms with Crippen LogP contribution in [0, 0.1) is 5.92 Å². The highest BCUT2D eigenvalue weighted by atomic mass is 16.4. The molecule has 1 amide bonds. The highest BCUT2D eigenvalue weighted by molar-refractivity contribution is 6.01. The molecule has 18 heavy (non-hydrogen) atoms. The maximum Gasteiger partial charge on any atom is 0.303 e. The number of aliphatic carboxylic acids is 1. The van der Waals surface area contributed by atoms with Crippen molar-refractivity contribution < 1.29 is 14.7 Å². The van der Waals surface area contributed by atoms with Crippen LogP contribution in [0.1, 0.15) is 18.9 Å². The van der Waals surface area contributed by atoms with E-state index in [9.17, 15) is 9.59 Å². The van der Waals surface area contributed by atoms with Crippen LogP contribution in [0.5, 0.6) is 0 Å². The minimum Gasteiger partial charge on any atom is -0.481 e. The third-order valence-corrected chi connectivity index (χ3v) is 3.05. The van der Waals surface area contributed by atoms with Gasteiger partial charge in [-0.25, -0.2) is 0 Å². The molecular formula is C13H16N2O3. The first kappa shape index (κ1) is 12.4. The number of nitrogens with zero attached hydrogens (tertiary/aromatic N) is 1. The third-order valence-electron chi connectivity index (χ3n) is 3.05. The van der Waals surface area contributed by atoms with Crippen LogP contribution in [-0.4, -0.2) is 23.5 Å². The lowest BCUT2D eigenvalue weighted by atomic mass is 10.1. The molecule has 5 nitrogen and oxygen atoms in total. The number of carbonyl (C=O) groups is 2. The molecule has 5 heteroatoms. The lowest BCUT2D eigenvalue weighted by Crippen LogP contribution is -2.32. The van der Waals surface area contributed by atoms with E-state index in [1.54, 1.807) is 17.0 Å². The van der Waals surface area contributed by atoms with E-state index in [2.05, 4.69) is 0 Å². The van der Waals surface area contributed by atoms with Gasteiger partial charge in [0.25, 0.3) is 0 Å². The number of hydrogen-bond donors (Lipinski definition) is 2. The van der Waals surface area contributed by atoms with Crippen molar-refractivity contribution in [1.29, 1.82) is 0 Å². The van der Waals surface area contributed by atoms with Crippen LogP contribution >= 0.6 is 0 Å². The summed E-state index contributed by atoms with van der Waals surface area (Å²) in [5.74, 6) is -0.908. The zero-order valence-corrected chi connectivity index (χ0v) is 10.2. The number of anilines is 2. The molecule has 1 aliphatic rings. The van der Waals surface area contributed by atoms with Crippen molar-refractivity contribution in [3.05, 3.63) is 23.8 Å². The number of carboxylic acid groups (broad SMARTS) is 1. The molecule has 3 N–H and O–H groups in total. The summed E-state index contributed by atoms with van der Waals surface area (Å²) >= 11 is 0. The number of nitrogens with two attached hydrogens (primary N) is 1. The van der Waals surface area contributed by atoms with Gasteiger partial charge in [-0.2, -0.15) is 0 Å². The van der Waals surface area contributed by atoms with Gasteiger partial charge in [0, 0.05) is 24.3 Å². The Kier molecular flexibility index (Phi) is 3.23. The Bertz CT molecular complexity index is 499. The number of benzene rings is 1. The Morgan fingerprint density at radius 1 is 1.56 bits per heavy atom. The number of hydrogen-bond acceptors (Lipinski definition) is 3. The molecule has 0 aliphatic carbocycles. The van der Waals surface area contributed by atoms with Gasteiger partial charge in [-0.05, 0) is 29.7 Å². The van der Waals surface area contributed by atoms with Gasteiger partial charge in [0.05, 0.1) is 6.42 Å². The second kappa shape index (κ2) is 4.68. The molecule has 0 spiro atoms. The quantitative estimate of drug-likeness (QED) is 0.786. The average molecular weight is 248 g/mol. The van der Waals surface area contributed by atoms with Crippen molar-refractivity contribution in [2.45, 2.75) is 19.8 Å². The molecule has 0 saturated heterocycles. The number of fused-ring (bicyclic) bond motifs is 1. The van der Waals surface area contributed by atoms with E-state index in [0.717, 1.165) is 11.3 Å². The summed E-state index contributed by atoms with van der Waals surface area (Å²) in [5.41, 5.74) is 8.09. The van der Waals surface area contributed by atoms with Crippen molar-refractivity contribution in [2.24, 2.45) is 5.92 Å². The molecule has 0 aromatic heterocycles. The van der Waals surface area contributed by atoms with E-state index in [-0.39, 0.29) is 18.2 Å². The van der Waals surface area contributed by atoms with Crippen molar-refractivity contribution in [2.75, 3.05) is 17.2 Å². The monoisotopic (exact) mass is 248 g/mol. The number of nitrogen functional groups attached to an aromatic ring is 1. The van der Waals surface area contributed by atoms with E-state index in [1.165, 1.54) is 0 Å². The maximum atomic E-state index is 11.9. The lowest BCUT2D eigenvalue weighted by molar-refractivity contribution is -0.138. The van der Waals surface area contributed by atoms with Gasteiger partial charge in [-0.3, -0.25) is 9.59 Å². The van der Waals surface area contributed by atoms with Crippen molar-refractivity contribution in [1.82, 2.24) is 0 Å². The van der Waals surface area contributed by atoms with Crippen LogP contribution in [0.2, 0.25) is 0 Å². The van der Waals surface area contributed by atoms with Crippen LogP contribution in [0.4, 0.5) is 11.4 Å². The Hall–Kier alpha value is -2.04. The van der Waals surface area contributed by atoms with E-state index < -0.39 is 5.97 Å². The van der Waals surface area contributed by atoms with Gasteiger partial charge in [-0.1, -0.05) is 6.92 Å². The molecular weight excluding hydrogens is 232 g/mol. The molecule has 1 aromatic rings. The fraction of sp³-hybridized carbons (Fsp3) is 0.385. The van der Waals surface area contributed by atoms with Gasteiger partial charge in [0.15, 0.2) is 0 Å². The smallest absolute Gasteiger partial charge is 0.303 e. The number of rotatable bonds is 4. The topological polar surface area (TPSA) is 83.6 Å². The largest absolute Gasteiger partial charge is 0.481 e. The van der Waals surface area contributed by atoms with Crippen molar-refractivity contribution in [3.8, 4) is 0 Å². The lowest BCUT2D eigenvalue weighted by Gasteiger charge is -2.21. The van der Waals surface area contributed by atoms with E-state index in [0.29, 0.717) is 18.7 Å². The Balaban J connectivity index is 2.15. The highest BCUT2D eigenvalue weighted by Gasteiger charge is 2.28. The van der Waals surface area contributed by atoms with Crippen LogP contribution in [0.25, 0.3) is 0 Å². The maximum absolute atomic E-state index is 11.9. The van der Waals surface area contributed by atoms with Crippen LogP contribution in [0.3, 0.4) is 0 Å². The molecule has 2 rings (SSSR count). The van der Waals surface area contributed by atoms with Crippen LogP contribution in [-0.2, 0) is 16.0 Å². The molecule has 0 fully saturated rings. The average Bonchev–Trinajstić information content (AvgIpc) is 2.53. The molecule has 1 aliphatic heterocycles. The number of carbonyl (C=O) groups excluding carboxylic acids is 1. The molecule has 96 valence electrons. The minimum absolute atomic E-state index is 0.00726. The summed E-state index contributed by atoms with van der Waals surface area (Å²) in [6.45, 7) is 2.26. The zero-order chi connectivity index (χ0) is 13.3. The molecule has 0 saturated carbocycles. The number of amides is 1. The fourth-order valence-corrected chi connectivity index (χ4v) is 2.28. The summed E-state index contributed by atoms with van der Waals surface area (Å²) in [5, 5.41) is 8.74. The van der Waals surface area contributed by atoms with Crippen LogP contribution in [0.15, 0.2) is 18.2 Å². The molecule has 1 aromatic carbocycles. The summed E-state index contributed by atoms with van der Waals surface area (Å²) in [6.07, 6.45) is 0.411. The van der Waals surface area contributed by atoms with Crippen molar-refractivity contribution >= 4 is 23.3 Å². The zero-order valence-electron chi connectivity index (χ0n) is 10.2. The predicted molar refractivity (Wildman–Crippen MR) is 68.3 cm³/mol. The third kappa shape index (κ3) is 2.45. The Labute approximate surface area is 105 Å².